The van der Waals surface area contributed by atoms with E-state index in [0.29, 0.717) is 46.8 Å². The number of Topliss-reactive ketones (excluding diaryl/α,β-unsaturated/α-hetero) is 1. The Morgan fingerprint density at radius 1 is 0.967 bits per heavy atom. The van der Waals surface area contributed by atoms with Crippen LogP contribution in [0, 0.1) is 0 Å². The van der Waals surface area contributed by atoms with Crippen LogP contribution in [0.15, 0.2) is 46.9 Å². The molecular weight excluding hydrogens is 412 g/mol. The van der Waals surface area contributed by atoms with Crippen LogP contribution in [0.5, 0.6) is 11.5 Å². The van der Waals surface area contributed by atoms with Gasteiger partial charge in [0.15, 0.2) is 23.9 Å². The van der Waals surface area contributed by atoms with E-state index in [1.165, 1.54) is 0 Å². The topological polar surface area (TPSA) is 101 Å². The molecule has 0 atom stereocenters. The molecule has 9 heteroatoms. The van der Waals surface area contributed by atoms with Gasteiger partial charge in [-0.2, -0.15) is 0 Å². The van der Waals surface area contributed by atoms with Gasteiger partial charge in [-0.15, -0.1) is 10.2 Å². The lowest BCUT2D eigenvalue weighted by molar-refractivity contribution is -0.145. The summed E-state index contributed by atoms with van der Waals surface area (Å²) in [7, 11) is 0. The first-order chi connectivity index (χ1) is 14.6. The van der Waals surface area contributed by atoms with E-state index < -0.39 is 5.97 Å². The molecule has 0 saturated heterocycles. The number of rotatable bonds is 7. The Morgan fingerprint density at radius 3 is 2.53 bits per heavy atom. The molecule has 0 radical (unpaired) electrons. The molecule has 0 N–H and O–H groups in total. The Labute approximate surface area is 176 Å². The van der Waals surface area contributed by atoms with Crippen molar-refractivity contribution < 1.29 is 28.2 Å². The fourth-order valence-electron chi connectivity index (χ4n) is 2.81. The summed E-state index contributed by atoms with van der Waals surface area (Å²) in [5, 5.41) is 8.36. The molecule has 0 amide bonds. The molecule has 8 nitrogen and oxygen atoms in total. The Kier molecular flexibility index (Phi) is 5.94. The smallest absolute Gasteiger partial charge is 0.306 e. The third-order valence-electron chi connectivity index (χ3n) is 4.33. The molecule has 154 valence electrons. The van der Waals surface area contributed by atoms with Gasteiger partial charge in [0.25, 0.3) is 5.89 Å². The number of benzene rings is 2. The fourth-order valence-corrected chi connectivity index (χ4v) is 2.94. The highest BCUT2D eigenvalue weighted by Crippen LogP contribution is 2.31. The van der Waals surface area contributed by atoms with Gasteiger partial charge in [-0.1, -0.05) is 11.6 Å². The minimum absolute atomic E-state index is 0.0122. The normalized spacial score (nSPS) is 12.4. The van der Waals surface area contributed by atoms with Crippen molar-refractivity contribution in [3.63, 3.8) is 0 Å². The maximum Gasteiger partial charge on any atom is 0.306 e. The first-order valence-corrected chi connectivity index (χ1v) is 9.63. The predicted molar refractivity (Wildman–Crippen MR) is 106 cm³/mol. The maximum atomic E-state index is 12.3. The standard InChI is InChI=1S/C21H17ClN2O6/c22-15-4-1-13(2-5-15)21-24-23-19(30-21)12-29-20(26)8-6-16(25)14-3-7-17-18(11-14)28-10-9-27-17/h1-5,7,11H,6,8-10,12H2. The molecule has 0 spiro atoms. The quantitative estimate of drug-likeness (QED) is 0.413. The average molecular weight is 429 g/mol. The van der Waals surface area contributed by atoms with Gasteiger partial charge in [-0.25, -0.2) is 0 Å². The van der Waals surface area contributed by atoms with Crippen LogP contribution >= 0.6 is 11.6 Å². The van der Waals surface area contributed by atoms with Gasteiger partial charge < -0.3 is 18.6 Å². The van der Waals surface area contributed by atoms with E-state index in [9.17, 15) is 9.59 Å². The van der Waals surface area contributed by atoms with Crippen LogP contribution in [-0.2, 0) is 16.1 Å². The molecule has 1 aliphatic rings. The number of ether oxygens (including phenoxy) is 3. The molecular formula is C21H17ClN2O6. The zero-order valence-corrected chi connectivity index (χ0v) is 16.6. The molecule has 0 saturated carbocycles. The number of hydrogen-bond acceptors (Lipinski definition) is 8. The van der Waals surface area contributed by atoms with E-state index in [1.807, 2.05) is 0 Å². The van der Waals surface area contributed by atoms with E-state index in [0.717, 1.165) is 0 Å². The summed E-state index contributed by atoms with van der Waals surface area (Å²) in [5.41, 5.74) is 1.16. The first-order valence-electron chi connectivity index (χ1n) is 9.25. The third kappa shape index (κ3) is 4.77. The molecule has 1 aliphatic heterocycles. The van der Waals surface area contributed by atoms with Gasteiger partial charge in [0.05, 0.1) is 6.42 Å². The molecule has 1 aromatic heterocycles. The minimum atomic E-state index is -0.535. The second kappa shape index (κ2) is 8.96. The van der Waals surface area contributed by atoms with Gasteiger partial charge in [0, 0.05) is 22.6 Å². The highest BCUT2D eigenvalue weighted by molar-refractivity contribution is 6.30. The van der Waals surface area contributed by atoms with Gasteiger partial charge in [-0.3, -0.25) is 9.59 Å². The van der Waals surface area contributed by atoms with Crippen molar-refractivity contribution in [3.8, 4) is 23.0 Å². The van der Waals surface area contributed by atoms with E-state index in [4.69, 9.17) is 30.2 Å². The van der Waals surface area contributed by atoms with Crippen molar-refractivity contribution in [2.45, 2.75) is 19.4 Å². The summed E-state index contributed by atoms with van der Waals surface area (Å²) in [5.74, 6) is 0.870. The van der Waals surface area contributed by atoms with E-state index in [-0.39, 0.29) is 31.1 Å². The summed E-state index contributed by atoms with van der Waals surface area (Å²) in [6.07, 6.45) is -0.0518. The number of halogens is 1. The Balaban J connectivity index is 1.26. The highest BCUT2D eigenvalue weighted by Gasteiger charge is 2.17. The highest BCUT2D eigenvalue weighted by atomic mass is 35.5. The van der Waals surface area contributed by atoms with Crippen molar-refractivity contribution >= 4 is 23.4 Å². The monoisotopic (exact) mass is 428 g/mol. The molecule has 4 rings (SSSR count). The lowest BCUT2D eigenvalue weighted by Crippen LogP contribution is -2.16. The number of fused-ring (bicyclic) bond motifs is 1. The predicted octanol–water partition coefficient (Wildman–Crippen LogP) is 3.87. The number of ketones is 1. The van der Waals surface area contributed by atoms with Crippen LogP contribution in [0.25, 0.3) is 11.5 Å². The zero-order chi connectivity index (χ0) is 20.9. The SMILES string of the molecule is O=C(CCC(=O)c1ccc2c(c1)OCCO2)OCc1nnc(-c2ccc(Cl)cc2)o1. The Morgan fingerprint density at radius 2 is 1.73 bits per heavy atom. The molecule has 3 aromatic rings. The molecule has 0 fully saturated rings. The molecule has 0 aliphatic carbocycles. The van der Waals surface area contributed by atoms with Crippen molar-refractivity contribution in [1.82, 2.24) is 10.2 Å². The lowest BCUT2D eigenvalue weighted by atomic mass is 10.1. The first kappa shape index (κ1) is 19.9. The van der Waals surface area contributed by atoms with E-state index in [2.05, 4.69) is 10.2 Å². The van der Waals surface area contributed by atoms with Crippen LogP contribution in [0.3, 0.4) is 0 Å². The summed E-state index contributed by atoms with van der Waals surface area (Å²) < 4.78 is 21.5. The molecule has 0 unspecified atom stereocenters. The van der Waals surface area contributed by atoms with Crippen LogP contribution in [0.1, 0.15) is 29.1 Å². The number of carbonyl (C=O) groups is 2. The molecule has 2 heterocycles. The van der Waals surface area contributed by atoms with Crippen molar-refractivity contribution in [3.05, 3.63) is 58.9 Å². The van der Waals surface area contributed by atoms with Crippen LogP contribution in [-0.4, -0.2) is 35.2 Å². The number of nitrogens with zero attached hydrogens (tertiary/aromatic N) is 2. The van der Waals surface area contributed by atoms with Crippen molar-refractivity contribution in [2.75, 3.05) is 13.2 Å². The van der Waals surface area contributed by atoms with Gasteiger partial charge in [0.2, 0.25) is 5.89 Å². The fraction of sp³-hybridized carbons (Fsp3) is 0.238. The summed E-state index contributed by atoms with van der Waals surface area (Å²) >= 11 is 5.85. The second-order valence-electron chi connectivity index (χ2n) is 6.45. The Hall–Kier alpha value is -3.39. The summed E-state index contributed by atoms with van der Waals surface area (Å²) in [4.78, 5) is 24.3. The maximum absolute atomic E-state index is 12.3. The van der Waals surface area contributed by atoms with Gasteiger partial charge in [-0.05, 0) is 42.5 Å². The number of carbonyl (C=O) groups excluding carboxylic acids is 2. The van der Waals surface area contributed by atoms with Gasteiger partial charge in [0.1, 0.15) is 13.2 Å². The van der Waals surface area contributed by atoms with Gasteiger partial charge >= 0.3 is 5.97 Å². The van der Waals surface area contributed by atoms with Crippen molar-refractivity contribution in [1.29, 1.82) is 0 Å². The summed E-state index contributed by atoms with van der Waals surface area (Å²) in [6, 6.07) is 11.9. The Bertz CT molecular complexity index is 1060. The molecule has 2 aromatic carbocycles. The van der Waals surface area contributed by atoms with Crippen LogP contribution in [0.4, 0.5) is 0 Å². The van der Waals surface area contributed by atoms with E-state index >= 15 is 0 Å². The second-order valence-corrected chi connectivity index (χ2v) is 6.89. The molecule has 30 heavy (non-hydrogen) atoms. The van der Waals surface area contributed by atoms with E-state index in [1.54, 1.807) is 42.5 Å². The minimum Gasteiger partial charge on any atom is -0.486 e. The lowest BCUT2D eigenvalue weighted by Gasteiger charge is -2.18. The average Bonchev–Trinajstić information content (AvgIpc) is 3.25. The largest absolute Gasteiger partial charge is 0.486 e. The van der Waals surface area contributed by atoms with Crippen molar-refractivity contribution in [2.24, 2.45) is 0 Å². The summed E-state index contributed by atoms with van der Waals surface area (Å²) in [6.45, 7) is 0.747. The van der Waals surface area contributed by atoms with Crippen LogP contribution < -0.4 is 9.47 Å². The number of aromatic nitrogens is 2. The van der Waals surface area contributed by atoms with Crippen LogP contribution in [0.2, 0.25) is 5.02 Å². The molecule has 0 bridgehead atoms. The number of esters is 1. The zero-order valence-electron chi connectivity index (χ0n) is 15.8. The number of hydrogen-bond donors (Lipinski definition) is 0. The third-order valence-corrected chi connectivity index (χ3v) is 4.59.